The maximum absolute atomic E-state index is 5.46. The fourth-order valence-corrected chi connectivity index (χ4v) is 4.25. The molecule has 6 heteroatoms. The molecule has 1 saturated heterocycles. The number of furan rings is 1. The highest BCUT2D eigenvalue weighted by atomic mass is 16.5. The van der Waals surface area contributed by atoms with E-state index in [0.29, 0.717) is 0 Å². The van der Waals surface area contributed by atoms with Crippen LogP contribution in [0, 0.1) is 0 Å². The first-order chi connectivity index (χ1) is 14.8. The number of H-pyrrole nitrogens is 2. The zero-order valence-corrected chi connectivity index (χ0v) is 16.5. The number of nitrogens with one attached hydrogen (secondary N) is 2. The van der Waals surface area contributed by atoms with E-state index >= 15 is 0 Å². The van der Waals surface area contributed by atoms with E-state index in [2.05, 4.69) is 62.5 Å². The van der Waals surface area contributed by atoms with Crippen LogP contribution in [0.25, 0.3) is 44.3 Å². The second-order valence-electron chi connectivity index (χ2n) is 7.84. The third kappa shape index (κ3) is 3.10. The highest BCUT2D eigenvalue weighted by molar-refractivity contribution is 5.97. The van der Waals surface area contributed by atoms with Gasteiger partial charge in [0.15, 0.2) is 0 Å². The molecule has 6 rings (SSSR count). The van der Waals surface area contributed by atoms with Crippen molar-refractivity contribution in [2.75, 3.05) is 26.3 Å². The molecular formula is C24H22N4O2. The molecule has 30 heavy (non-hydrogen) atoms. The molecule has 1 fully saturated rings. The Morgan fingerprint density at radius 1 is 0.933 bits per heavy atom. The second-order valence-corrected chi connectivity index (χ2v) is 7.84. The van der Waals surface area contributed by atoms with Gasteiger partial charge in [-0.2, -0.15) is 5.10 Å². The highest BCUT2D eigenvalue weighted by Crippen LogP contribution is 2.32. The van der Waals surface area contributed by atoms with Gasteiger partial charge in [-0.1, -0.05) is 12.1 Å². The van der Waals surface area contributed by atoms with Gasteiger partial charge in [-0.05, 0) is 47.5 Å². The first kappa shape index (κ1) is 17.5. The smallest absolute Gasteiger partial charge is 0.116 e. The van der Waals surface area contributed by atoms with Crippen molar-refractivity contribution in [2.24, 2.45) is 0 Å². The van der Waals surface area contributed by atoms with E-state index in [4.69, 9.17) is 9.15 Å². The third-order valence-corrected chi connectivity index (χ3v) is 5.87. The van der Waals surface area contributed by atoms with Gasteiger partial charge in [0.25, 0.3) is 0 Å². The van der Waals surface area contributed by atoms with Crippen molar-refractivity contribution in [2.45, 2.75) is 6.54 Å². The molecule has 0 bridgehead atoms. The van der Waals surface area contributed by atoms with E-state index in [1.807, 2.05) is 6.07 Å². The molecule has 5 aromatic rings. The van der Waals surface area contributed by atoms with E-state index in [-0.39, 0.29) is 0 Å². The predicted molar refractivity (Wildman–Crippen MR) is 117 cm³/mol. The summed E-state index contributed by atoms with van der Waals surface area (Å²) < 4.78 is 10.7. The Balaban J connectivity index is 1.36. The fourth-order valence-electron chi connectivity index (χ4n) is 4.25. The van der Waals surface area contributed by atoms with Crippen LogP contribution in [0.5, 0.6) is 0 Å². The summed E-state index contributed by atoms with van der Waals surface area (Å²) >= 11 is 0. The maximum Gasteiger partial charge on any atom is 0.116 e. The number of ether oxygens (including phenoxy) is 1. The SMILES string of the molecule is c1cc(-c2ccc3[nH]nc(-c4cc5cc(CN6CCOCC6)ccc5[nH]4)c3c2)co1. The van der Waals surface area contributed by atoms with Crippen molar-refractivity contribution >= 4 is 21.8 Å². The Bertz CT molecular complexity index is 1310. The number of aromatic amines is 2. The molecule has 2 aromatic carbocycles. The van der Waals surface area contributed by atoms with Gasteiger partial charge in [0.1, 0.15) is 5.69 Å². The summed E-state index contributed by atoms with van der Waals surface area (Å²) in [5, 5.41) is 10.1. The molecular weight excluding hydrogens is 376 g/mol. The van der Waals surface area contributed by atoms with Gasteiger partial charge < -0.3 is 14.1 Å². The van der Waals surface area contributed by atoms with Gasteiger partial charge in [-0.3, -0.25) is 10.00 Å². The van der Waals surface area contributed by atoms with Gasteiger partial charge >= 0.3 is 0 Å². The first-order valence-electron chi connectivity index (χ1n) is 10.3. The summed E-state index contributed by atoms with van der Waals surface area (Å²) in [6.07, 6.45) is 3.46. The molecule has 150 valence electrons. The molecule has 0 amide bonds. The second kappa shape index (κ2) is 7.16. The van der Waals surface area contributed by atoms with Crippen molar-refractivity contribution in [3.05, 3.63) is 66.6 Å². The minimum atomic E-state index is 0.823. The Morgan fingerprint density at radius 2 is 1.83 bits per heavy atom. The molecule has 3 aromatic heterocycles. The summed E-state index contributed by atoms with van der Waals surface area (Å²) in [5.74, 6) is 0. The average Bonchev–Trinajstić information content (AvgIpc) is 3.52. The number of fused-ring (bicyclic) bond motifs is 2. The molecule has 4 heterocycles. The summed E-state index contributed by atoms with van der Waals surface area (Å²) in [5.41, 5.74) is 7.59. The maximum atomic E-state index is 5.46. The first-order valence-corrected chi connectivity index (χ1v) is 10.3. The number of rotatable bonds is 4. The van der Waals surface area contributed by atoms with Crippen LogP contribution in [0.15, 0.2) is 65.5 Å². The van der Waals surface area contributed by atoms with E-state index in [1.54, 1.807) is 12.5 Å². The lowest BCUT2D eigenvalue weighted by Gasteiger charge is -2.26. The Morgan fingerprint density at radius 3 is 2.70 bits per heavy atom. The number of aromatic nitrogens is 3. The molecule has 0 radical (unpaired) electrons. The molecule has 1 aliphatic rings. The van der Waals surface area contributed by atoms with Gasteiger partial charge in [0.2, 0.25) is 0 Å². The van der Waals surface area contributed by atoms with E-state index in [0.717, 1.165) is 71.8 Å². The van der Waals surface area contributed by atoms with E-state index in [9.17, 15) is 0 Å². The summed E-state index contributed by atoms with van der Waals surface area (Å²) in [4.78, 5) is 5.98. The number of nitrogens with zero attached hydrogens (tertiary/aromatic N) is 2. The van der Waals surface area contributed by atoms with Gasteiger partial charge in [0.05, 0.1) is 37.0 Å². The topological polar surface area (TPSA) is 70.1 Å². The summed E-state index contributed by atoms with van der Waals surface area (Å²) in [6, 6.07) is 17.1. The van der Waals surface area contributed by atoms with Crippen LogP contribution >= 0.6 is 0 Å². The standard InChI is InChI=1S/C24H22N4O2/c1-3-21-19(11-16(1)14-28-6-9-29-10-7-28)13-23(25-21)24-20-12-17(18-5-8-30-15-18)2-4-22(20)26-27-24/h1-5,8,11-13,15,25H,6-7,9-10,14H2,(H,26,27). The summed E-state index contributed by atoms with van der Waals surface area (Å²) in [6.45, 7) is 4.59. The minimum absolute atomic E-state index is 0.823. The van der Waals surface area contributed by atoms with Crippen LogP contribution in [0.1, 0.15) is 5.56 Å². The van der Waals surface area contributed by atoms with Gasteiger partial charge in [-0.15, -0.1) is 0 Å². The van der Waals surface area contributed by atoms with Gasteiger partial charge in [0, 0.05) is 41.5 Å². The lowest BCUT2D eigenvalue weighted by molar-refractivity contribution is 0.0342. The van der Waals surface area contributed by atoms with E-state index in [1.165, 1.54) is 10.9 Å². The molecule has 0 atom stereocenters. The van der Waals surface area contributed by atoms with E-state index < -0.39 is 0 Å². The lowest BCUT2D eigenvalue weighted by Crippen LogP contribution is -2.35. The third-order valence-electron chi connectivity index (χ3n) is 5.87. The zero-order chi connectivity index (χ0) is 19.9. The molecule has 0 spiro atoms. The molecule has 0 unspecified atom stereocenters. The molecule has 6 nitrogen and oxygen atoms in total. The van der Waals surface area contributed by atoms with Crippen molar-refractivity contribution in [1.82, 2.24) is 20.1 Å². The molecule has 1 aliphatic heterocycles. The van der Waals surface area contributed by atoms with Crippen LogP contribution in [0.4, 0.5) is 0 Å². The number of morpholine rings is 1. The monoisotopic (exact) mass is 398 g/mol. The van der Waals surface area contributed by atoms with Crippen LogP contribution in [0.3, 0.4) is 0 Å². The minimum Gasteiger partial charge on any atom is -0.472 e. The Kier molecular flexibility index (Phi) is 4.18. The number of benzene rings is 2. The largest absolute Gasteiger partial charge is 0.472 e. The number of hydrogen-bond donors (Lipinski definition) is 2. The Labute approximate surface area is 173 Å². The lowest BCUT2D eigenvalue weighted by atomic mass is 10.0. The Hall–Kier alpha value is -3.35. The molecule has 2 N–H and O–H groups in total. The fraction of sp³-hybridized carbons (Fsp3) is 0.208. The van der Waals surface area contributed by atoms with Crippen molar-refractivity contribution < 1.29 is 9.15 Å². The van der Waals surface area contributed by atoms with Crippen LogP contribution in [-0.4, -0.2) is 46.4 Å². The van der Waals surface area contributed by atoms with Crippen molar-refractivity contribution in [1.29, 1.82) is 0 Å². The van der Waals surface area contributed by atoms with Crippen LogP contribution in [-0.2, 0) is 11.3 Å². The van der Waals surface area contributed by atoms with Crippen LogP contribution in [0.2, 0.25) is 0 Å². The number of hydrogen-bond acceptors (Lipinski definition) is 4. The van der Waals surface area contributed by atoms with Gasteiger partial charge in [-0.25, -0.2) is 0 Å². The average molecular weight is 398 g/mol. The van der Waals surface area contributed by atoms with Crippen molar-refractivity contribution in [3.63, 3.8) is 0 Å². The molecule has 0 saturated carbocycles. The predicted octanol–water partition coefficient (Wildman–Crippen LogP) is 4.80. The molecule has 0 aliphatic carbocycles. The quantitative estimate of drug-likeness (QED) is 0.456. The van der Waals surface area contributed by atoms with Crippen LogP contribution < -0.4 is 0 Å². The normalized spacial score (nSPS) is 15.3. The van der Waals surface area contributed by atoms with Crippen molar-refractivity contribution in [3.8, 4) is 22.5 Å². The summed E-state index contributed by atoms with van der Waals surface area (Å²) in [7, 11) is 0. The zero-order valence-electron chi connectivity index (χ0n) is 16.5. The highest BCUT2D eigenvalue weighted by Gasteiger charge is 2.14.